The molecule has 5 heteroatoms. The summed E-state index contributed by atoms with van der Waals surface area (Å²) in [5.74, 6) is -0.222. The number of hydrogen-bond donors (Lipinski definition) is 2. The van der Waals surface area contributed by atoms with Gasteiger partial charge in [0.15, 0.2) is 0 Å². The zero-order valence-corrected chi connectivity index (χ0v) is 12.5. The number of aryl methyl sites for hydroxylation is 1. The Hall–Kier alpha value is -1.91. The summed E-state index contributed by atoms with van der Waals surface area (Å²) in [4.78, 5) is 16.1. The summed E-state index contributed by atoms with van der Waals surface area (Å²) in [5.41, 5.74) is 2.37. The van der Waals surface area contributed by atoms with E-state index in [0.29, 0.717) is 17.1 Å². The summed E-state index contributed by atoms with van der Waals surface area (Å²) in [6.07, 6.45) is -0.833. The Balaban J connectivity index is 1.85. The van der Waals surface area contributed by atoms with Crippen LogP contribution in [0.2, 0.25) is 5.02 Å². The van der Waals surface area contributed by atoms with E-state index in [4.69, 9.17) is 11.6 Å². The molecule has 21 heavy (non-hydrogen) atoms. The van der Waals surface area contributed by atoms with Crippen LogP contribution in [-0.2, 0) is 11.3 Å². The van der Waals surface area contributed by atoms with E-state index in [1.54, 1.807) is 24.3 Å². The van der Waals surface area contributed by atoms with E-state index in [-0.39, 0.29) is 12.3 Å². The van der Waals surface area contributed by atoms with Crippen LogP contribution in [0.4, 0.5) is 0 Å². The van der Waals surface area contributed by atoms with E-state index in [2.05, 4.69) is 10.3 Å². The number of hydrogen-bond acceptors (Lipinski definition) is 3. The second kappa shape index (κ2) is 7.20. The van der Waals surface area contributed by atoms with Gasteiger partial charge in [0.1, 0.15) is 0 Å². The number of carbonyl (C=O) groups excluding carboxylic acids is 1. The molecule has 0 aliphatic rings. The maximum Gasteiger partial charge on any atom is 0.223 e. The minimum atomic E-state index is -0.840. The molecule has 4 nitrogen and oxygen atoms in total. The Morgan fingerprint density at radius 1 is 1.29 bits per heavy atom. The summed E-state index contributed by atoms with van der Waals surface area (Å²) in [6, 6.07) is 12.4. The highest BCUT2D eigenvalue weighted by Crippen LogP contribution is 2.18. The fourth-order valence-corrected chi connectivity index (χ4v) is 2.06. The number of nitrogens with one attached hydrogen (secondary N) is 1. The van der Waals surface area contributed by atoms with E-state index in [0.717, 1.165) is 11.4 Å². The van der Waals surface area contributed by atoms with Gasteiger partial charge in [-0.3, -0.25) is 9.78 Å². The van der Waals surface area contributed by atoms with Gasteiger partial charge in [-0.25, -0.2) is 0 Å². The number of rotatable bonds is 5. The molecule has 110 valence electrons. The number of carbonyl (C=O) groups is 1. The van der Waals surface area contributed by atoms with E-state index in [1.807, 2.05) is 25.1 Å². The van der Waals surface area contributed by atoms with Crippen LogP contribution in [0.5, 0.6) is 0 Å². The summed E-state index contributed by atoms with van der Waals surface area (Å²) in [7, 11) is 0. The van der Waals surface area contributed by atoms with Crippen LogP contribution in [0.1, 0.15) is 29.5 Å². The highest BCUT2D eigenvalue weighted by molar-refractivity contribution is 6.30. The molecule has 0 spiro atoms. The molecule has 0 aliphatic heterocycles. The molecule has 2 N–H and O–H groups in total. The largest absolute Gasteiger partial charge is 0.388 e. The molecule has 1 aromatic carbocycles. The zero-order chi connectivity index (χ0) is 15.2. The number of nitrogens with zero attached hydrogens (tertiary/aromatic N) is 1. The maximum absolute atomic E-state index is 11.8. The first-order valence-electron chi connectivity index (χ1n) is 6.67. The first-order chi connectivity index (χ1) is 10.0. The summed E-state index contributed by atoms with van der Waals surface area (Å²) in [6.45, 7) is 2.25. The van der Waals surface area contributed by atoms with Crippen molar-refractivity contribution in [2.75, 3.05) is 0 Å². The standard InChI is InChI=1S/C16H17ClN2O2/c1-11-3-2-4-14(19-11)10-18-16(21)9-15(20)12-5-7-13(17)8-6-12/h2-8,15,20H,9-10H2,1H3,(H,18,21). The molecular formula is C16H17ClN2O2. The Morgan fingerprint density at radius 3 is 2.67 bits per heavy atom. The van der Waals surface area contributed by atoms with Crippen molar-refractivity contribution in [1.29, 1.82) is 0 Å². The highest BCUT2D eigenvalue weighted by atomic mass is 35.5. The summed E-state index contributed by atoms with van der Waals surface area (Å²) < 4.78 is 0. The van der Waals surface area contributed by atoms with Gasteiger partial charge in [-0.1, -0.05) is 29.8 Å². The Morgan fingerprint density at radius 2 is 2.00 bits per heavy atom. The molecule has 1 amide bonds. The smallest absolute Gasteiger partial charge is 0.223 e. The van der Waals surface area contributed by atoms with Crippen molar-refractivity contribution in [3.63, 3.8) is 0 Å². The molecule has 0 fully saturated rings. The topological polar surface area (TPSA) is 62.2 Å². The second-order valence-electron chi connectivity index (χ2n) is 4.82. The van der Waals surface area contributed by atoms with E-state index >= 15 is 0 Å². The predicted molar refractivity (Wildman–Crippen MR) is 81.8 cm³/mol. The SMILES string of the molecule is Cc1cccc(CNC(=O)CC(O)c2ccc(Cl)cc2)n1. The van der Waals surface area contributed by atoms with Crippen molar-refractivity contribution < 1.29 is 9.90 Å². The van der Waals surface area contributed by atoms with Crippen LogP contribution >= 0.6 is 11.6 Å². The molecule has 1 heterocycles. The van der Waals surface area contributed by atoms with Gasteiger partial charge in [0.2, 0.25) is 5.91 Å². The van der Waals surface area contributed by atoms with Gasteiger partial charge in [0, 0.05) is 10.7 Å². The van der Waals surface area contributed by atoms with Crippen LogP contribution in [0.15, 0.2) is 42.5 Å². The molecule has 0 bridgehead atoms. The quantitative estimate of drug-likeness (QED) is 0.893. The lowest BCUT2D eigenvalue weighted by Gasteiger charge is -2.11. The predicted octanol–water partition coefficient (Wildman–Crippen LogP) is 2.78. The van der Waals surface area contributed by atoms with Gasteiger partial charge in [-0.2, -0.15) is 0 Å². The van der Waals surface area contributed by atoms with Gasteiger partial charge in [0.25, 0.3) is 0 Å². The van der Waals surface area contributed by atoms with Crippen LogP contribution in [-0.4, -0.2) is 16.0 Å². The van der Waals surface area contributed by atoms with E-state index in [1.165, 1.54) is 0 Å². The maximum atomic E-state index is 11.8. The van der Waals surface area contributed by atoms with Gasteiger partial charge in [-0.15, -0.1) is 0 Å². The molecule has 0 saturated carbocycles. The molecule has 1 unspecified atom stereocenters. The minimum Gasteiger partial charge on any atom is -0.388 e. The lowest BCUT2D eigenvalue weighted by Crippen LogP contribution is -2.25. The number of amides is 1. The number of benzene rings is 1. The molecule has 1 aromatic heterocycles. The fraction of sp³-hybridized carbons (Fsp3) is 0.250. The van der Waals surface area contributed by atoms with Crippen molar-refractivity contribution in [2.24, 2.45) is 0 Å². The molecule has 2 aromatic rings. The number of aliphatic hydroxyl groups is 1. The lowest BCUT2D eigenvalue weighted by molar-refractivity contribution is -0.123. The van der Waals surface area contributed by atoms with Crippen LogP contribution < -0.4 is 5.32 Å². The normalized spacial score (nSPS) is 12.0. The number of aromatic nitrogens is 1. The number of aliphatic hydroxyl groups excluding tert-OH is 1. The molecule has 1 atom stereocenters. The third-order valence-electron chi connectivity index (χ3n) is 3.05. The van der Waals surface area contributed by atoms with E-state index < -0.39 is 6.10 Å². The molecule has 0 radical (unpaired) electrons. The zero-order valence-electron chi connectivity index (χ0n) is 11.7. The van der Waals surface area contributed by atoms with Gasteiger partial charge in [0.05, 0.1) is 24.8 Å². The number of pyridine rings is 1. The van der Waals surface area contributed by atoms with Crippen molar-refractivity contribution in [3.05, 3.63) is 64.4 Å². The monoisotopic (exact) mass is 304 g/mol. The average molecular weight is 305 g/mol. The van der Waals surface area contributed by atoms with Crippen LogP contribution in [0, 0.1) is 6.92 Å². The van der Waals surface area contributed by atoms with Crippen molar-refractivity contribution in [1.82, 2.24) is 10.3 Å². The van der Waals surface area contributed by atoms with Gasteiger partial charge < -0.3 is 10.4 Å². The van der Waals surface area contributed by atoms with Gasteiger partial charge in [-0.05, 0) is 36.8 Å². The van der Waals surface area contributed by atoms with Crippen LogP contribution in [0.25, 0.3) is 0 Å². The lowest BCUT2D eigenvalue weighted by atomic mass is 10.1. The van der Waals surface area contributed by atoms with E-state index in [9.17, 15) is 9.90 Å². The molecular weight excluding hydrogens is 288 g/mol. The Labute approximate surface area is 128 Å². The summed E-state index contributed by atoms with van der Waals surface area (Å²) in [5, 5.41) is 13.4. The number of halogens is 1. The van der Waals surface area contributed by atoms with Crippen molar-refractivity contribution >= 4 is 17.5 Å². The Bertz CT molecular complexity index is 614. The first-order valence-corrected chi connectivity index (χ1v) is 7.05. The molecule has 0 aliphatic carbocycles. The first kappa shape index (κ1) is 15.5. The third kappa shape index (κ3) is 4.85. The average Bonchev–Trinajstić information content (AvgIpc) is 2.46. The fourth-order valence-electron chi connectivity index (χ4n) is 1.94. The molecule has 0 saturated heterocycles. The third-order valence-corrected chi connectivity index (χ3v) is 3.30. The van der Waals surface area contributed by atoms with Crippen molar-refractivity contribution in [3.8, 4) is 0 Å². The molecule has 2 rings (SSSR count). The minimum absolute atomic E-state index is 0.00739. The second-order valence-corrected chi connectivity index (χ2v) is 5.25. The summed E-state index contributed by atoms with van der Waals surface area (Å²) >= 11 is 5.78. The highest BCUT2D eigenvalue weighted by Gasteiger charge is 2.12. The van der Waals surface area contributed by atoms with Crippen LogP contribution in [0.3, 0.4) is 0 Å². The van der Waals surface area contributed by atoms with Gasteiger partial charge >= 0.3 is 0 Å². The Kier molecular flexibility index (Phi) is 5.31. The van der Waals surface area contributed by atoms with Crippen molar-refractivity contribution in [2.45, 2.75) is 26.0 Å².